The second-order valence-corrected chi connectivity index (χ2v) is 6.04. The molecule has 1 fully saturated rings. The third-order valence-corrected chi connectivity index (χ3v) is 4.12. The van der Waals surface area contributed by atoms with Gasteiger partial charge in [0.25, 0.3) is 0 Å². The summed E-state index contributed by atoms with van der Waals surface area (Å²) in [6, 6.07) is 5.80. The number of aromatic nitrogens is 4. The van der Waals surface area contributed by atoms with Crippen LogP contribution in [0.1, 0.15) is 35.9 Å². The van der Waals surface area contributed by atoms with Crippen LogP contribution in [0.4, 0.5) is 5.95 Å². The second kappa shape index (κ2) is 6.98. The normalized spacial score (nSPS) is 16.9. The molecular formula is C18H19N5O2. The van der Waals surface area contributed by atoms with Crippen LogP contribution < -0.4 is 5.32 Å². The smallest absolute Gasteiger partial charge is 0.223 e. The van der Waals surface area contributed by atoms with E-state index in [1.54, 1.807) is 12.4 Å². The molecule has 3 aromatic rings. The lowest BCUT2D eigenvalue weighted by Gasteiger charge is -2.14. The molecule has 1 N–H and O–H groups in total. The fraction of sp³-hybridized carbons (Fsp3) is 0.333. The third kappa shape index (κ3) is 3.51. The minimum absolute atomic E-state index is 0.0395. The van der Waals surface area contributed by atoms with Crippen LogP contribution in [0, 0.1) is 6.92 Å². The summed E-state index contributed by atoms with van der Waals surface area (Å²) in [5.74, 6) is 1.23. The first-order valence-electron chi connectivity index (χ1n) is 8.34. The molecule has 0 spiro atoms. The minimum Gasteiger partial charge on any atom is -0.372 e. The van der Waals surface area contributed by atoms with E-state index in [2.05, 4.69) is 20.4 Å². The van der Waals surface area contributed by atoms with Gasteiger partial charge in [-0.3, -0.25) is 4.98 Å². The van der Waals surface area contributed by atoms with Gasteiger partial charge >= 0.3 is 0 Å². The van der Waals surface area contributed by atoms with Gasteiger partial charge in [0.05, 0.1) is 17.0 Å². The molecule has 25 heavy (non-hydrogen) atoms. The van der Waals surface area contributed by atoms with Crippen LogP contribution in [0.5, 0.6) is 0 Å². The van der Waals surface area contributed by atoms with E-state index in [4.69, 9.17) is 14.2 Å². The highest BCUT2D eigenvalue weighted by molar-refractivity contribution is 5.61. The van der Waals surface area contributed by atoms with Gasteiger partial charge in [0.2, 0.25) is 5.95 Å². The Balaban J connectivity index is 1.62. The Labute approximate surface area is 145 Å². The molecule has 7 nitrogen and oxygen atoms in total. The van der Waals surface area contributed by atoms with Gasteiger partial charge in [-0.25, -0.2) is 9.97 Å². The van der Waals surface area contributed by atoms with Crippen molar-refractivity contribution in [1.29, 1.82) is 0 Å². The van der Waals surface area contributed by atoms with Crippen LogP contribution in [0.25, 0.3) is 11.3 Å². The van der Waals surface area contributed by atoms with E-state index in [1.165, 1.54) is 0 Å². The van der Waals surface area contributed by atoms with Crippen LogP contribution in [0.3, 0.4) is 0 Å². The highest BCUT2D eigenvalue weighted by Crippen LogP contribution is 2.34. The van der Waals surface area contributed by atoms with Crippen molar-refractivity contribution in [3.63, 3.8) is 0 Å². The predicted octanol–water partition coefficient (Wildman–Crippen LogP) is 3.30. The molecule has 128 valence electrons. The number of nitrogens with one attached hydrogen (secondary N) is 1. The van der Waals surface area contributed by atoms with Gasteiger partial charge in [-0.2, -0.15) is 0 Å². The van der Waals surface area contributed by atoms with Crippen LogP contribution in [-0.4, -0.2) is 26.7 Å². The summed E-state index contributed by atoms with van der Waals surface area (Å²) in [5.41, 5.74) is 3.57. The zero-order valence-corrected chi connectivity index (χ0v) is 14.0. The molecule has 0 unspecified atom stereocenters. The fourth-order valence-electron chi connectivity index (χ4n) is 2.88. The summed E-state index contributed by atoms with van der Waals surface area (Å²) in [6.07, 6.45) is 7.28. The molecule has 1 saturated heterocycles. The van der Waals surface area contributed by atoms with E-state index >= 15 is 0 Å². The summed E-state index contributed by atoms with van der Waals surface area (Å²) in [5, 5.41) is 7.21. The lowest BCUT2D eigenvalue weighted by molar-refractivity contribution is 0.109. The second-order valence-electron chi connectivity index (χ2n) is 6.04. The summed E-state index contributed by atoms with van der Waals surface area (Å²) < 4.78 is 11.2. The molecule has 0 aromatic carbocycles. The monoisotopic (exact) mass is 337 g/mol. The molecule has 0 bridgehead atoms. The number of ether oxygens (including phenoxy) is 1. The highest BCUT2D eigenvalue weighted by Gasteiger charge is 2.25. The number of aryl methyl sites for hydroxylation is 1. The summed E-state index contributed by atoms with van der Waals surface area (Å²) in [4.78, 5) is 13.2. The maximum Gasteiger partial charge on any atom is 0.223 e. The molecule has 1 aliphatic heterocycles. The van der Waals surface area contributed by atoms with Crippen LogP contribution in [0.2, 0.25) is 0 Å². The Morgan fingerprint density at radius 3 is 3.00 bits per heavy atom. The first-order valence-corrected chi connectivity index (χ1v) is 8.34. The lowest BCUT2D eigenvalue weighted by Crippen LogP contribution is -2.09. The van der Waals surface area contributed by atoms with Gasteiger partial charge in [-0.05, 0) is 31.4 Å². The zero-order chi connectivity index (χ0) is 17.1. The number of hydrogen-bond acceptors (Lipinski definition) is 7. The van der Waals surface area contributed by atoms with Crippen molar-refractivity contribution in [2.45, 2.75) is 32.4 Å². The van der Waals surface area contributed by atoms with Crippen molar-refractivity contribution in [2.24, 2.45) is 0 Å². The molecule has 4 rings (SSSR count). The number of nitrogens with zero attached hydrogens (tertiary/aromatic N) is 4. The molecule has 0 aliphatic carbocycles. The Hall–Kier alpha value is -2.80. The van der Waals surface area contributed by atoms with E-state index in [0.29, 0.717) is 18.3 Å². The van der Waals surface area contributed by atoms with Gasteiger partial charge < -0.3 is 14.6 Å². The average molecular weight is 337 g/mol. The molecule has 1 atom stereocenters. The van der Waals surface area contributed by atoms with Crippen molar-refractivity contribution in [3.05, 3.63) is 53.7 Å². The van der Waals surface area contributed by atoms with Crippen LogP contribution in [-0.2, 0) is 11.3 Å². The number of anilines is 1. The van der Waals surface area contributed by atoms with Crippen LogP contribution >= 0.6 is 0 Å². The first-order chi connectivity index (χ1) is 12.3. The van der Waals surface area contributed by atoms with Crippen LogP contribution in [0.15, 0.2) is 41.3 Å². The molecule has 0 radical (unpaired) electrons. The molecular weight excluding hydrogens is 318 g/mol. The molecule has 1 aliphatic rings. The maximum absolute atomic E-state index is 5.84. The van der Waals surface area contributed by atoms with Gasteiger partial charge in [0.15, 0.2) is 5.76 Å². The average Bonchev–Trinajstić information content (AvgIpc) is 3.32. The van der Waals surface area contributed by atoms with E-state index in [-0.39, 0.29) is 6.10 Å². The van der Waals surface area contributed by atoms with Crippen molar-refractivity contribution in [3.8, 4) is 11.3 Å². The first kappa shape index (κ1) is 15.7. The summed E-state index contributed by atoms with van der Waals surface area (Å²) >= 11 is 0. The van der Waals surface area contributed by atoms with Gasteiger partial charge in [-0.1, -0.05) is 11.2 Å². The largest absolute Gasteiger partial charge is 0.372 e. The summed E-state index contributed by atoms with van der Waals surface area (Å²) in [6.45, 7) is 3.25. The molecule has 0 amide bonds. The Kier molecular flexibility index (Phi) is 4.39. The minimum atomic E-state index is -0.0395. The van der Waals surface area contributed by atoms with Crippen molar-refractivity contribution in [1.82, 2.24) is 20.1 Å². The molecule has 3 aromatic heterocycles. The number of hydrogen-bond donors (Lipinski definition) is 1. The van der Waals surface area contributed by atoms with E-state index in [9.17, 15) is 0 Å². The quantitative estimate of drug-likeness (QED) is 0.764. The lowest BCUT2D eigenvalue weighted by atomic mass is 10.1. The summed E-state index contributed by atoms with van der Waals surface area (Å²) in [7, 11) is 0. The topological polar surface area (TPSA) is 86.0 Å². The number of rotatable bonds is 5. The van der Waals surface area contributed by atoms with Crippen molar-refractivity contribution < 1.29 is 9.26 Å². The maximum atomic E-state index is 5.84. The van der Waals surface area contributed by atoms with E-state index in [1.807, 2.05) is 31.3 Å². The van der Waals surface area contributed by atoms with Crippen molar-refractivity contribution >= 4 is 5.95 Å². The highest BCUT2D eigenvalue weighted by atomic mass is 16.5. The van der Waals surface area contributed by atoms with Gasteiger partial charge in [0, 0.05) is 37.8 Å². The van der Waals surface area contributed by atoms with Gasteiger partial charge in [-0.15, -0.1) is 0 Å². The fourth-order valence-corrected chi connectivity index (χ4v) is 2.88. The SMILES string of the molecule is Cc1cc(-c2cnc(NCc3cccnc3)nc2[C@@H]2CCCO2)on1. The van der Waals surface area contributed by atoms with Crippen molar-refractivity contribution in [2.75, 3.05) is 11.9 Å². The Bertz CT molecular complexity index is 844. The standard InChI is InChI=1S/C18H19N5O2/c1-12-8-16(25-23-12)14-11-21-18(20-10-13-4-2-6-19-9-13)22-17(14)15-5-3-7-24-15/h2,4,6,8-9,11,15H,3,5,7,10H2,1H3,(H,20,21,22)/t15-/m0/s1. The zero-order valence-electron chi connectivity index (χ0n) is 14.0. The molecule has 4 heterocycles. The van der Waals surface area contributed by atoms with E-state index in [0.717, 1.165) is 42.0 Å². The Morgan fingerprint density at radius 1 is 1.32 bits per heavy atom. The predicted molar refractivity (Wildman–Crippen MR) is 91.8 cm³/mol. The molecule has 0 saturated carbocycles. The Morgan fingerprint density at radius 2 is 2.28 bits per heavy atom. The van der Waals surface area contributed by atoms with Gasteiger partial charge in [0.1, 0.15) is 6.10 Å². The van der Waals surface area contributed by atoms with E-state index < -0.39 is 0 Å². The molecule has 7 heteroatoms. The number of pyridine rings is 1. The third-order valence-electron chi connectivity index (χ3n) is 4.12.